The maximum atomic E-state index is 12.7. The summed E-state index contributed by atoms with van der Waals surface area (Å²) in [5, 5.41) is 10.2. The molecule has 2 aliphatic rings. The first-order valence-corrected chi connectivity index (χ1v) is 10.5. The molecule has 1 unspecified atom stereocenters. The number of nitrogens with zero attached hydrogens (tertiary/aromatic N) is 1. The molecule has 1 aromatic carbocycles. The highest BCUT2D eigenvalue weighted by Crippen LogP contribution is 2.45. The lowest BCUT2D eigenvalue weighted by Gasteiger charge is -2.48. The number of likely N-dealkylation sites (tertiary alicyclic amines) is 1. The second kappa shape index (κ2) is 5.82. The molecule has 2 saturated heterocycles. The van der Waals surface area contributed by atoms with Gasteiger partial charge in [0.1, 0.15) is 10.3 Å². The standard InChI is InChI=1S/C19H21NO6S/c1-11-5-14-13(8-26-16(14)6-12(11)2)7-17(21)20-9-19(10-20)15(18(22)23)3-4-27(19,24)25/h5-6,8,15H,3-4,7,9-10H2,1-2H3,(H,22,23). The second-order valence-electron chi connectivity index (χ2n) is 7.68. The molecular weight excluding hydrogens is 370 g/mol. The Bertz CT molecular complexity index is 1060. The van der Waals surface area contributed by atoms with Crippen molar-refractivity contribution in [3.05, 3.63) is 35.1 Å². The smallest absolute Gasteiger partial charge is 0.308 e. The number of carbonyl (C=O) groups is 2. The van der Waals surface area contributed by atoms with Gasteiger partial charge in [0.15, 0.2) is 9.84 Å². The molecule has 0 radical (unpaired) electrons. The molecule has 144 valence electrons. The van der Waals surface area contributed by atoms with E-state index in [0.717, 1.165) is 22.1 Å². The lowest BCUT2D eigenvalue weighted by molar-refractivity contribution is -0.148. The number of hydrogen-bond acceptors (Lipinski definition) is 5. The van der Waals surface area contributed by atoms with Gasteiger partial charge >= 0.3 is 5.97 Å². The number of carbonyl (C=O) groups excluding carboxylic acids is 1. The molecule has 1 atom stereocenters. The molecule has 0 bridgehead atoms. The van der Waals surface area contributed by atoms with Gasteiger partial charge in [0.2, 0.25) is 5.91 Å². The number of benzene rings is 1. The molecule has 8 heteroatoms. The molecule has 1 N–H and O–H groups in total. The van der Waals surface area contributed by atoms with Crippen LogP contribution >= 0.6 is 0 Å². The van der Waals surface area contributed by atoms with E-state index >= 15 is 0 Å². The van der Waals surface area contributed by atoms with Gasteiger partial charge in [-0.1, -0.05) is 0 Å². The Balaban J connectivity index is 1.53. The number of furan rings is 1. The van der Waals surface area contributed by atoms with E-state index in [-0.39, 0.29) is 37.6 Å². The van der Waals surface area contributed by atoms with Crippen LogP contribution in [0, 0.1) is 19.8 Å². The number of aliphatic carboxylic acids is 1. The van der Waals surface area contributed by atoms with Crippen molar-refractivity contribution in [1.29, 1.82) is 0 Å². The van der Waals surface area contributed by atoms with Crippen LogP contribution in [0.1, 0.15) is 23.1 Å². The highest BCUT2D eigenvalue weighted by atomic mass is 32.2. The lowest BCUT2D eigenvalue weighted by atomic mass is 9.83. The molecule has 2 aromatic rings. The number of hydrogen-bond donors (Lipinski definition) is 1. The van der Waals surface area contributed by atoms with Crippen LogP contribution in [0.4, 0.5) is 0 Å². The van der Waals surface area contributed by atoms with E-state index in [4.69, 9.17) is 4.42 Å². The summed E-state index contributed by atoms with van der Waals surface area (Å²) < 4.78 is 29.0. The highest BCUT2D eigenvalue weighted by Gasteiger charge is 2.64. The number of carboxylic acids is 1. The Hall–Kier alpha value is -2.35. The molecule has 3 heterocycles. The van der Waals surface area contributed by atoms with Crippen molar-refractivity contribution in [2.24, 2.45) is 5.92 Å². The number of amides is 1. The quantitative estimate of drug-likeness (QED) is 0.854. The molecule has 2 aliphatic heterocycles. The van der Waals surface area contributed by atoms with Gasteiger partial charge in [-0.2, -0.15) is 0 Å². The van der Waals surface area contributed by atoms with Crippen LogP contribution in [-0.4, -0.2) is 53.9 Å². The zero-order chi connectivity index (χ0) is 19.6. The normalized spacial score (nSPS) is 22.9. The third kappa shape index (κ3) is 2.57. The SMILES string of the molecule is Cc1cc2occ(CC(=O)N3CC4(C3)C(C(=O)O)CCS4(=O)=O)c2cc1C. The summed E-state index contributed by atoms with van der Waals surface area (Å²) in [7, 11) is -3.51. The Kier molecular flexibility index (Phi) is 3.89. The Morgan fingerprint density at radius 2 is 1.93 bits per heavy atom. The van der Waals surface area contributed by atoms with Gasteiger partial charge < -0.3 is 14.4 Å². The molecule has 27 heavy (non-hydrogen) atoms. The Morgan fingerprint density at radius 3 is 2.59 bits per heavy atom. The first kappa shape index (κ1) is 18.0. The minimum absolute atomic E-state index is 0.0426. The number of fused-ring (bicyclic) bond motifs is 1. The van der Waals surface area contributed by atoms with E-state index in [1.807, 2.05) is 26.0 Å². The van der Waals surface area contributed by atoms with Crippen molar-refractivity contribution < 1.29 is 27.5 Å². The highest BCUT2D eigenvalue weighted by molar-refractivity contribution is 7.93. The van der Waals surface area contributed by atoms with Crippen molar-refractivity contribution in [3.63, 3.8) is 0 Å². The van der Waals surface area contributed by atoms with Crippen molar-refractivity contribution in [3.8, 4) is 0 Å². The van der Waals surface area contributed by atoms with E-state index < -0.39 is 26.5 Å². The van der Waals surface area contributed by atoms with Gasteiger partial charge in [0.25, 0.3) is 0 Å². The van der Waals surface area contributed by atoms with E-state index in [1.54, 1.807) is 6.26 Å². The maximum absolute atomic E-state index is 12.7. The third-order valence-corrected chi connectivity index (χ3v) is 8.66. The predicted octanol–water partition coefficient (Wildman–Crippen LogP) is 1.69. The van der Waals surface area contributed by atoms with Crippen LogP contribution in [0.15, 0.2) is 22.8 Å². The third-order valence-electron chi connectivity index (χ3n) is 6.11. The molecule has 0 aliphatic carbocycles. The summed E-state index contributed by atoms with van der Waals surface area (Å²) in [5.41, 5.74) is 3.67. The van der Waals surface area contributed by atoms with E-state index in [2.05, 4.69) is 0 Å². The molecule has 0 saturated carbocycles. The molecule has 1 spiro atoms. The van der Waals surface area contributed by atoms with E-state index in [0.29, 0.717) is 5.58 Å². The largest absolute Gasteiger partial charge is 0.481 e. The molecule has 1 amide bonds. The average molecular weight is 391 g/mol. The minimum atomic E-state index is -3.51. The first-order valence-electron chi connectivity index (χ1n) is 8.85. The molecule has 1 aromatic heterocycles. The predicted molar refractivity (Wildman–Crippen MR) is 98.2 cm³/mol. The van der Waals surface area contributed by atoms with Crippen LogP contribution in [0.3, 0.4) is 0 Å². The van der Waals surface area contributed by atoms with Crippen LogP contribution in [0.5, 0.6) is 0 Å². The van der Waals surface area contributed by atoms with Crippen molar-refractivity contribution >= 4 is 32.7 Å². The Labute approximate surface area is 156 Å². The fourth-order valence-corrected chi connectivity index (χ4v) is 6.56. The van der Waals surface area contributed by atoms with Crippen LogP contribution in [0.2, 0.25) is 0 Å². The molecule has 7 nitrogen and oxygen atoms in total. The lowest BCUT2D eigenvalue weighted by Crippen LogP contribution is -2.69. The number of sulfone groups is 1. The van der Waals surface area contributed by atoms with Crippen LogP contribution in [-0.2, 0) is 25.8 Å². The average Bonchev–Trinajstić information content (AvgIpc) is 3.04. The number of rotatable bonds is 3. The zero-order valence-corrected chi connectivity index (χ0v) is 16.0. The van der Waals surface area contributed by atoms with Crippen molar-refractivity contribution in [1.82, 2.24) is 4.90 Å². The van der Waals surface area contributed by atoms with Crippen LogP contribution in [0.25, 0.3) is 11.0 Å². The van der Waals surface area contributed by atoms with E-state index in [1.165, 1.54) is 4.90 Å². The molecule has 4 rings (SSSR count). The number of aryl methyl sites for hydroxylation is 2. The van der Waals surface area contributed by atoms with Gasteiger partial charge in [0.05, 0.1) is 24.4 Å². The molecular formula is C19H21NO6S. The summed E-state index contributed by atoms with van der Waals surface area (Å²) in [6, 6.07) is 3.91. The van der Waals surface area contributed by atoms with E-state index in [9.17, 15) is 23.1 Å². The van der Waals surface area contributed by atoms with Crippen molar-refractivity contribution in [2.75, 3.05) is 18.8 Å². The first-order chi connectivity index (χ1) is 12.6. The van der Waals surface area contributed by atoms with Crippen LogP contribution < -0.4 is 0 Å². The minimum Gasteiger partial charge on any atom is -0.481 e. The van der Waals surface area contributed by atoms with Gasteiger partial charge in [-0.25, -0.2) is 8.42 Å². The van der Waals surface area contributed by atoms with Gasteiger partial charge in [0, 0.05) is 24.0 Å². The Morgan fingerprint density at radius 1 is 1.26 bits per heavy atom. The van der Waals surface area contributed by atoms with Gasteiger partial charge in [-0.05, 0) is 43.5 Å². The summed E-state index contributed by atoms with van der Waals surface area (Å²) >= 11 is 0. The van der Waals surface area contributed by atoms with Crippen molar-refractivity contribution in [2.45, 2.75) is 31.4 Å². The maximum Gasteiger partial charge on any atom is 0.308 e. The second-order valence-corrected chi connectivity index (χ2v) is 10.1. The van der Waals surface area contributed by atoms with Gasteiger partial charge in [-0.3, -0.25) is 9.59 Å². The molecule has 2 fully saturated rings. The number of carboxylic acid groups (broad SMARTS) is 1. The summed E-state index contributed by atoms with van der Waals surface area (Å²) in [4.78, 5) is 25.6. The fourth-order valence-electron chi connectivity index (χ4n) is 4.25. The fraction of sp³-hybridized carbons (Fsp3) is 0.474. The summed E-state index contributed by atoms with van der Waals surface area (Å²) in [6.07, 6.45) is 1.78. The summed E-state index contributed by atoms with van der Waals surface area (Å²) in [5.74, 6) is -2.38. The summed E-state index contributed by atoms with van der Waals surface area (Å²) in [6.45, 7) is 3.89. The topological polar surface area (TPSA) is 105 Å². The zero-order valence-electron chi connectivity index (χ0n) is 15.2. The monoisotopic (exact) mass is 391 g/mol. The van der Waals surface area contributed by atoms with Gasteiger partial charge in [-0.15, -0.1) is 0 Å².